The Kier molecular flexibility index (Phi) is 4.92. The van der Waals surface area contributed by atoms with Crippen LogP contribution in [-0.4, -0.2) is 17.6 Å². The van der Waals surface area contributed by atoms with E-state index in [0.717, 1.165) is 5.56 Å². The largest absolute Gasteiger partial charge is 0.492 e. The predicted octanol–water partition coefficient (Wildman–Crippen LogP) is 2.55. The zero-order valence-corrected chi connectivity index (χ0v) is 9.87. The summed E-state index contributed by atoms with van der Waals surface area (Å²) >= 11 is 5.98. The number of nitrogens with zero attached hydrogens (tertiary/aromatic N) is 1. The topological polar surface area (TPSA) is 67.8 Å². The van der Waals surface area contributed by atoms with Gasteiger partial charge in [-0.2, -0.15) is 0 Å². The van der Waals surface area contributed by atoms with Crippen LogP contribution in [0.1, 0.15) is 18.4 Å². The Balaban J connectivity index is 2.37. The zero-order chi connectivity index (χ0) is 12.0. The summed E-state index contributed by atoms with van der Waals surface area (Å²) in [6.07, 6.45) is 1.18. The number of aryl methyl sites for hydroxylation is 1. The molecule has 1 rings (SSSR count). The van der Waals surface area contributed by atoms with Crippen LogP contribution in [0.2, 0.25) is 5.02 Å². The molecule has 0 aliphatic carbocycles. The molecule has 0 unspecified atom stereocenters. The van der Waals surface area contributed by atoms with Crippen molar-refractivity contribution in [3.63, 3.8) is 0 Å². The standard InChI is InChI=1S/C11H15ClN2O2/c1-8-4-5-10(9(12)7-8)16-6-2-3-11(13)14-15/h4-5,7,15H,2-3,6H2,1H3,(H2,13,14). The lowest BCUT2D eigenvalue weighted by atomic mass is 10.2. The fourth-order valence-corrected chi connectivity index (χ4v) is 1.50. The lowest BCUT2D eigenvalue weighted by Gasteiger charge is -2.08. The first-order chi connectivity index (χ1) is 7.63. The Labute approximate surface area is 99.7 Å². The average Bonchev–Trinajstić information content (AvgIpc) is 2.26. The molecule has 0 bridgehead atoms. The Morgan fingerprint density at radius 3 is 2.94 bits per heavy atom. The van der Waals surface area contributed by atoms with Gasteiger partial charge in [0.2, 0.25) is 0 Å². The molecule has 0 saturated heterocycles. The van der Waals surface area contributed by atoms with Crippen LogP contribution in [0.4, 0.5) is 0 Å². The highest BCUT2D eigenvalue weighted by molar-refractivity contribution is 6.32. The number of amidine groups is 1. The second-order valence-electron chi connectivity index (χ2n) is 3.48. The first kappa shape index (κ1) is 12.6. The summed E-state index contributed by atoms with van der Waals surface area (Å²) in [6.45, 7) is 2.45. The second-order valence-corrected chi connectivity index (χ2v) is 3.88. The van der Waals surface area contributed by atoms with Crippen LogP contribution >= 0.6 is 11.6 Å². The summed E-state index contributed by atoms with van der Waals surface area (Å²) < 4.78 is 5.46. The number of hydrogen-bond donors (Lipinski definition) is 2. The van der Waals surface area contributed by atoms with Gasteiger partial charge in [0, 0.05) is 6.42 Å². The van der Waals surface area contributed by atoms with Gasteiger partial charge in [0.15, 0.2) is 0 Å². The molecule has 1 aromatic carbocycles. The van der Waals surface area contributed by atoms with Crippen molar-refractivity contribution in [3.8, 4) is 5.75 Å². The van der Waals surface area contributed by atoms with E-state index >= 15 is 0 Å². The van der Waals surface area contributed by atoms with E-state index in [9.17, 15) is 0 Å². The molecule has 0 aromatic heterocycles. The maximum absolute atomic E-state index is 8.33. The number of hydrogen-bond acceptors (Lipinski definition) is 3. The minimum atomic E-state index is 0.207. The van der Waals surface area contributed by atoms with Gasteiger partial charge in [0.05, 0.1) is 11.6 Å². The van der Waals surface area contributed by atoms with Gasteiger partial charge in [-0.25, -0.2) is 0 Å². The summed E-state index contributed by atoms with van der Waals surface area (Å²) in [6, 6.07) is 5.62. The molecule has 3 N–H and O–H groups in total. The molecule has 5 heteroatoms. The number of benzene rings is 1. The van der Waals surface area contributed by atoms with Crippen molar-refractivity contribution in [3.05, 3.63) is 28.8 Å². The van der Waals surface area contributed by atoms with E-state index in [-0.39, 0.29) is 5.84 Å². The first-order valence-corrected chi connectivity index (χ1v) is 5.36. The van der Waals surface area contributed by atoms with Crippen molar-refractivity contribution in [2.24, 2.45) is 10.9 Å². The van der Waals surface area contributed by atoms with E-state index in [1.54, 1.807) is 0 Å². The summed E-state index contributed by atoms with van der Waals surface area (Å²) in [5, 5.41) is 11.8. The number of rotatable bonds is 5. The van der Waals surface area contributed by atoms with E-state index < -0.39 is 0 Å². The molecule has 16 heavy (non-hydrogen) atoms. The minimum Gasteiger partial charge on any atom is -0.492 e. The van der Waals surface area contributed by atoms with Crippen LogP contribution in [0.5, 0.6) is 5.75 Å². The van der Waals surface area contributed by atoms with Crippen LogP contribution in [0.3, 0.4) is 0 Å². The number of ether oxygens (including phenoxy) is 1. The van der Waals surface area contributed by atoms with E-state index in [0.29, 0.717) is 30.2 Å². The molecule has 0 heterocycles. The fraction of sp³-hybridized carbons (Fsp3) is 0.364. The quantitative estimate of drug-likeness (QED) is 0.274. The molecule has 1 aromatic rings. The van der Waals surface area contributed by atoms with Gasteiger partial charge < -0.3 is 15.7 Å². The summed E-state index contributed by atoms with van der Waals surface area (Å²) in [7, 11) is 0. The van der Waals surface area contributed by atoms with Gasteiger partial charge in [-0.1, -0.05) is 22.8 Å². The molecule has 0 spiro atoms. The third-order valence-electron chi connectivity index (χ3n) is 2.05. The highest BCUT2D eigenvalue weighted by atomic mass is 35.5. The van der Waals surface area contributed by atoms with E-state index in [4.69, 9.17) is 27.3 Å². The molecule has 0 aliphatic rings. The molecule has 0 amide bonds. The number of oxime groups is 1. The number of nitrogens with two attached hydrogens (primary N) is 1. The van der Waals surface area contributed by atoms with Crippen molar-refractivity contribution in [2.45, 2.75) is 19.8 Å². The molecule has 0 saturated carbocycles. The molecule has 88 valence electrons. The summed E-state index contributed by atoms with van der Waals surface area (Å²) in [5.74, 6) is 0.866. The van der Waals surface area contributed by atoms with E-state index in [1.807, 2.05) is 25.1 Å². The Morgan fingerprint density at radius 1 is 1.56 bits per heavy atom. The molecule has 0 fully saturated rings. The first-order valence-electron chi connectivity index (χ1n) is 4.99. The fourth-order valence-electron chi connectivity index (χ4n) is 1.21. The van der Waals surface area contributed by atoms with Crippen LogP contribution in [0.15, 0.2) is 23.4 Å². The maximum atomic E-state index is 8.33. The lowest BCUT2D eigenvalue weighted by Crippen LogP contribution is -2.12. The summed E-state index contributed by atoms with van der Waals surface area (Å²) in [4.78, 5) is 0. The minimum absolute atomic E-state index is 0.207. The van der Waals surface area contributed by atoms with Crippen molar-refractivity contribution in [2.75, 3.05) is 6.61 Å². The van der Waals surface area contributed by atoms with Crippen molar-refractivity contribution >= 4 is 17.4 Å². The Hall–Kier alpha value is -1.42. The normalized spacial score (nSPS) is 11.5. The third-order valence-corrected chi connectivity index (χ3v) is 2.35. The van der Waals surface area contributed by atoms with Gasteiger partial charge in [-0.3, -0.25) is 0 Å². The summed E-state index contributed by atoms with van der Waals surface area (Å²) in [5.41, 5.74) is 6.41. The Bertz CT molecular complexity index is 380. The predicted molar refractivity (Wildman–Crippen MR) is 64.3 cm³/mol. The van der Waals surface area contributed by atoms with E-state index in [2.05, 4.69) is 5.16 Å². The Morgan fingerprint density at radius 2 is 2.31 bits per heavy atom. The van der Waals surface area contributed by atoms with Gasteiger partial charge in [-0.15, -0.1) is 0 Å². The van der Waals surface area contributed by atoms with Gasteiger partial charge >= 0.3 is 0 Å². The van der Waals surface area contributed by atoms with E-state index in [1.165, 1.54) is 0 Å². The molecule has 4 nitrogen and oxygen atoms in total. The molecule has 0 radical (unpaired) electrons. The lowest BCUT2D eigenvalue weighted by molar-refractivity contribution is 0.305. The smallest absolute Gasteiger partial charge is 0.139 e. The van der Waals surface area contributed by atoms with Crippen LogP contribution < -0.4 is 10.5 Å². The molecular formula is C11H15ClN2O2. The maximum Gasteiger partial charge on any atom is 0.139 e. The SMILES string of the molecule is Cc1ccc(OCCCC(N)=NO)c(Cl)c1. The highest BCUT2D eigenvalue weighted by Crippen LogP contribution is 2.25. The van der Waals surface area contributed by atoms with Crippen molar-refractivity contribution < 1.29 is 9.94 Å². The highest BCUT2D eigenvalue weighted by Gasteiger charge is 2.01. The zero-order valence-electron chi connectivity index (χ0n) is 9.11. The van der Waals surface area contributed by atoms with Crippen LogP contribution in [-0.2, 0) is 0 Å². The van der Waals surface area contributed by atoms with Crippen LogP contribution in [0, 0.1) is 6.92 Å². The molecule has 0 aliphatic heterocycles. The van der Waals surface area contributed by atoms with Crippen molar-refractivity contribution in [1.82, 2.24) is 0 Å². The van der Waals surface area contributed by atoms with Gasteiger partial charge in [0.25, 0.3) is 0 Å². The van der Waals surface area contributed by atoms with Crippen LogP contribution in [0.25, 0.3) is 0 Å². The third kappa shape index (κ3) is 3.98. The molecular weight excluding hydrogens is 228 g/mol. The molecule has 0 atom stereocenters. The van der Waals surface area contributed by atoms with Gasteiger partial charge in [0.1, 0.15) is 11.6 Å². The monoisotopic (exact) mass is 242 g/mol. The van der Waals surface area contributed by atoms with Crippen molar-refractivity contribution in [1.29, 1.82) is 0 Å². The number of halogens is 1. The average molecular weight is 243 g/mol. The van der Waals surface area contributed by atoms with Gasteiger partial charge in [-0.05, 0) is 31.0 Å². The second kappa shape index (κ2) is 6.23.